The van der Waals surface area contributed by atoms with Crippen molar-refractivity contribution < 1.29 is 9.53 Å². The van der Waals surface area contributed by atoms with Gasteiger partial charge in [-0.1, -0.05) is 25.7 Å². The van der Waals surface area contributed by atoms with Crippen molar-refractivity contribution in [2.75, 3.05) is 31.5 Å². The van der Waals surface area contributed by atoms with E-state index in [1.165, 1.54) is 38.6 Å². The number of carbonyl (C=O) groups excluding carboxylic acids is 1. The molecule has 32 heavy (non-hydrogen) atoms. The van der Waals surface area contributed by atoms with Crippen molar-refractivity contribution >= 4 is 11.7 Å². The highest BCUT2D eigenvalue weighted by Crippen LogP contribution is 2.29. The number of amides is 2. The van der Waals surface area contributed by atoms with Crippen molar-refractivity contribution in [3.8, 4) is 5.75 Å². The molecule has 3 heterocycles. The molecular weight excluding hydrogens is 400 g/mol. The maximum Gasteiger partial charge on any atom is 0.326 e. The molecule has 3 aliphatic heterocycles. The summed E-state index contributed by atoms with van der Waals surface area (Å²) >= 11 is 0. The van der Waals surface area contributed by atoms with Gasteiger partial charge in [0.05, 0.1) is 6.54 Å². The summed E-state index contributed by atoms with van der Waals surface area (Å²) in [7, 11) is 0. The third kappa shape index (κ3) is 5.18. The quantitative estimate of drug-likeness (QED) is 0.673. The number of allylic oxidation sites excluding steroid dienone is 1. The number of nitrogens with zero attached hydrogens (tertiary/aromatic N) is 2. The number of hydrogen-bond acceptors (Lipinski definition) is 4. The molecule has 0 unspecified atom stereocenters. The van der Waals surface area contributed by atoms with Crippen molar-refractivity contribution in [2.24, 2.45) is 5.92 Å². The molecule has 2 amide bonds. The highest BCUT2D eigenvalue weighted by atomic mass is 16.5. The molecule has 5 rings (SSSR count). The Kier molecular flexibility index (Phi) is 6.49. The molecule has 2 fully saturated rings. The monoisotopic (exact) mass is 434 g/mol. The van der Waals surface area contributed by atoms with E-state index in [-0.39, 0.29) is 12.1 Å². The van der Waals surface area contributed by atoms with Gasteiger partial charge in [0, 0.05) is 37.4 Å². The van der Waals surface area contributed by atoms with E-state index in [9.17, 15) is 4.79 Å². The van der Waals surface area contributed by atoms with Crippen LogP contribution >= 0.6 is 0 Å². The lowest BCUT2D eigenvalue weighted by molar-refractivity contribution is 0.0972. The molecule has 0 bridgehead atoms. The van der Waals surface area contributed by atoms with E-state index < -0.39 is 0 Å². The zero-order chi connectivity index (χ0) is 21.8. The number of carbonyl (C=O) groups is 1. The first-order valence-corrected chi connectivity index (χ1v) is 12.1. The molecule has 0 atom stereocenters. The minimum Gasteiger partial charge on any atom is -0.490 e. The average molecular weight is 435 g/mol. The number of anilines is 1. The van der Waals surface area contributed by atoms with Crippen molar-refractivity contribution in [1.29, 1.82) is 0 Å². The normalized spacial score (nSPS) is 21.7. The predicted octanol–water partition coefficient (Wildman–Crippen LogP) is 4.84. The molecule has 170 valence electrons. The van der Waals surface area contributed by atoms with Gasteiger partial charge in [-0.2, -0.15) is 0 Å². The van der Waals surface area contributed by atoms with Crippen LogP contribution in [-0.4, -0.2) is 48.1 Å². The molecule has 0 aromatic heterocycles. The third-order valence-corrected chi connectivity index (χ3v) is 7.16. The fraction of sp³-hybridized carbons (Fsp3) is 0.500. The van der Waals surface area contributed by atoms with Crippen LogP contribution in [0.5, 0.6) is 5.75 Å². The van der Waals surface area contributed by atoms with Gasteiger partial charge in [0.2, 0.25) is 0 Å². The van der Waals surface area contributed by atoms with E-state index in [1.54, 1.807) is 4.90 Å². The summed E-state index contributed by atoms with van der Waals surface area (Å²) in [6.45, 7) is 4.11. The SMILES string of the molecule is O=C(Nc1ccc(OC2CCN(CCC3CCCC3)CC2)cc1)N1C=C2C=CNC=C2C1. The van der Waals surface area contributed by atoms with Gasteiger partial charge >= 0.3 is 6.03 Å². The number of hydrogen-bond donors (Lipinski definition) is 2. The maximum absolute atomic E-state index is 12.6. The second kappa shape index (κ2) is 9.82. The first-order chi connectivity index (χ1) is 15.7. The number of rotatable bonds is 6. The van der Waals surface area contributed by atoms with Crippen LogP contribution in [0.15, 0.2) is 60.1 Å². The first-order valence-electron chi connectivity index (χ1n) is 12.1. The van der Waals surface area contributed by atoms with Gasteiger partial charge in [-0.05, 0) is 73.2 Å². The molecule has 1 aromatic rings. The number of piperidine rings is 1. The van der Waals surface area contributed by atoms with Gasteiger partial charge < -0.3 is 20.3 Å². The Labute approximate surface area is 191 Å². The Hall–Kier alpha value is -2.73. The molecule has 0 radical (unpaired) electrons. The lowest BCUT2D eigenvalue weighted by Gasteiger charge is -2.32. The topological polar surface area (TPSA) is 56.8 Å². The molecule has 1 aliphatic carbocycles. The molecule has 0 spiro atoms. The van der Waals surface area contributed by atoms with Crippen molar-refractivity contribution in [2.45, 2.75) is 51.0 Å². The van der Waals surface area contributed by atoms with Gasteiger partial charge in [0.1, 0.15) is 11.9 Å². The fourth-order valence-corrected chi connectivity index (χ4v) is 5.19. The third-order valence-electron chi connectivity index (χ3n) is 7.16. The summed E-state index contributed by atoms with van der Waals surface area (Å²) in [6, 6.07) is 7.63. The van der Waals surface area contributed by atoms with Crippen LogP contribution in [0.3, 0.4) is 0 Å². The van der Waals surface area contributed by atoms with E-state index in [0.717, 1.165) is 54.4 Å². The maximum atomic E-state index is 12.6. The second-order valence-electron chi connectivity index (χ2n) is 9.43. The largest absolute Gasteiger partial charge is 0.490 e. The van der Waals surface area contributed by atoms with Crippen LogP contribution in [0, 0.1) is 5.92 Å². The van der Waals surface area contributed by atoms with E-state index in [2.05, 4.69) is 15.5 Å². The van der Waals surface area contributed by atoms with Crippen molar-refractivity contribution in [1.82, 2.24) is 15.1 Å². The Balaban J connectivity index is 1.05. The zero-order valence-corrected chi connectivity index (χ0v) is 18.8. The number of ether oxygens (including phenoxy) is 1. The molecule has 6 nitrogen and oxygen atoms in total. The summed E-state index contributed by atoms with van der Waals surface area (Å²) in [5.41, 5.74) is 2.98. The van der Waals surface area contributed by atoms with Crippen LogP contribution in [0.2, 0.25) is 0 Å². The molecule has 1 aromatic carbocycles. The molecule has 1 saturated carbocycles. The van der Waals surface area contributed by atoms with Crippen molar-refractivity contribution in [3.63, 3.8) is 0 Å². The molecule has 2 N–H and O–H groups in total. The van der Waals surface area contributed by atoms with Crippen molar-refractivity contribution in [3.05, 3.63) is 60.1 Å². The van der Waals surface area contributed by atoms with Gasteiger partial charge in [-0.15, -0.1) is 0 Å². The van der Waals surface area contributed by atoms with Crippen LogP contribution in [-0.2, 0) is 0 Å². The minimum atomic E-state index is -0.125. The van der Waals surface area contributed by atoms with Crippen LogP contribution < -0.4 is 15.4 Å². The number of nitrogens with one attached hydrogen (secondary N) is 2. The molecule has 1 saturated heterocycles. The van der Waals surface area contributed by atoms with Crippen LogP contribution in [0.4, 0.5) is 10.5 Å². The fourth-order valence-electron chi connectivity index (χ4n) is 5.19. The van der Waals surface area contributed by atoms with Crippen LogP contribution in [0.1, 0.15) is 44.9 Å². The first kappa shape index (κ1) is 21.1. The lowest BCUT2D eigenvalue weighted by Crippen LogP contribution is -2.39. The highest BCUT2D eigenvalue weighted by Gasteiger charge is 2.24. The summed E-state index contributed by atoms with van der Waals surface area (Å²) < 4.78 is 6.22. The minimum absolute atomic E-state index is 0.125. The van der Waals surface area contributed by atoms with E-state index in [1.807, 2.05) is 48.9 Å². The standard InChI is InChI=1S/C26H34N4O2/c31-26(30-18-21-9-13-27-17-22(21)19-30)28-23-5-7-24(8-6-23)32-25-11-15-29(16-12-25)14-10-20-3-1-2-4-20/h5-9,13,17-18,20,25,27H,1-4,10-12,14-16,19H2,(H,28,31). The van der Waals surface area contributed by atoms with Gasteiger partial charge in [-0.25, -0.2) is 4.79 Å². The van der Waals surface area contributed by atoms with Gasteiger partial charge in [0.25, 0.3) is 0 Å². The molecule has 6 heteroatoms. The van der Waals surface area contributed by atoms with Gasteiger partial charge in [-0.3, -0.25) is 4.90 Å². The van der Waals surface area contributed by atoms with E-state index in [4.69, 9.17) is 4.74 Å². The number of fused-ring (bicyclic) bond motifs is 1. The Morgan fingerprint density at radius 1 is 1.09 bits per heavy atom. The molecular formula is C26H34N4O2. The Bertz CT molecular complexity index is 891. The second-order valence-corrected chi connectivity index (χ2v) is 9.43. The van der Waals surface area contributed by atoms with E-state index >= 15 is 0 Å². The number of urea groups is 1. The number of benzene rings is 1. The average Bonchev–Trinajstić information content (AvgIpc) is 3.50. The van der Waals surface area contributed by atoms with Crippen LogP contribution in [0.25, 0.3) is 0 Å². The lowest BCUT2D eigenvalue weighted by atomic mass is 10.0. The summed E-state index contributed by atoms with van der Waals surface area (Å²) in [6.07, 6.45) is 17.3. The summed E-state index contributed by atoms with van der Waals surface area (Å²) in [5, 5.41) is 6.04. The molecule has 4 aliphatic rings. The Morgan fingerprint density at radius 3 is 2.62 bits per heavy atom. The van der Waals surface area contributed by atoms with E-state index in [0.29, 0.717) is 6.54 Å². The highest BCUT2D eigenvalue weighted by molar-refractivity contribution is 5.91. The number of dihydropyridines is 1. The summed E-state index contributed by atoms with van der Waals surface area (Å²) in [5.74, 6) is 1.85. The summed E-state index contributed by atoms with van der Waals surface area (Å²) in [4.78, 5) is 16.9. The zero-order valence-electron chi connectivity index (χ0n) is 18.8. The number of likely N-dealkylation sites (tertiary alicyclic amines) is 1. The smallest absolute Gasteiger partial charge is 0.326 e. The van der Waals surface area contributed by atoms with Gasteiger partial charge in [0.15, 0.2) is 0 Å². The predicted molar refractivity (Wildman–Crippen MR) is 127 cm³/mol. The Morgan fingerprint density at radius 2 is 1.88 bits per heavy atom.